The zero-order valence-electron chi connectivity index (χ0n) is 15.1. The van der Waals surface area contributed by atoms with Gasteiger partial charge in [-0.25, -0.2) is 9.78 Å². The maximum absolute atomic E-state index is 11.1. The molecule has 1 aromatic carbocycles. The van der Waals surface area contributed by atoms with Gasteiger partial charge in [0.2, 0.25) is 0 Å². The van der Waals surface area contributed by atoms with Gasteiger partial charge in [-0.15, -0.1) is 0 Å². The zero-order chi connectivity index (χ0) is 19.2. The van der Waals surface area contributed by atoms with Crippen LogP contribution in [-0.4, -0.2) is 42.9 Å². The molecule has 1 saturated heterocycles. The lowest BCUT2D eigenvalue weighted by Crippen LogP contribution is -2.37. The first kappa shape index (κ1) is 18.5. The summed E-state index contributed by atoms with van der Waals surface area (Å²) in [5.74, 6) is 0.440. The Hall–Kier alpha value is -3.27. The summed E-state index contributed by atoms with van der Waals surface area (Å²) in [6, 6.07) is 10.6. The van der Waals surface area contributed by atoms with Gasteiger partial charge in [0.05, 0.1) is 25.3 Å². The highest BCUT2D eigenvalue weighted by Crippen LogP contribution is 2.30. The van der Waals surface area contributed by atoms with Crippen LogP contribution in [0.4, 0.5) is 5.69 Å². The van der Waals surface area contributed by atoms with Gasteiger partial charge in [-0.05, 0) is 37.1 Å². The molecule has 140 valence electrons. The van der Waals surface area contributed by atoms with Gasteiger partial charge in [0.15, 0.2) is 11.5 Å². The highest BCUT2D eigenvalue weighted by Gasteiger charge is 2.22. The van der Waals surface area contributed by atoms with Crippen LogP contribution in [-0.2, 0) is 0 Å². The summed E-state index contributed by atoms with van der Waals surface area (Å²) < 4.78 is 11.3. The van der Waals surface area contributed by atoms with Crippen molar-refractivity contribution in [3.8, 4) is 17.6 Å². The summed E-state index contributed by atoms with van der Waals surface area (Å²) in [4.78, 5) is 17.2. The minimum Gasteiger partial charge on any atom is -0.493 e. The molecule has 1 N–H and O–H groups in total. The van der Waals surface area contributed by atoms with E-state index >= 15 is 0 Å². The zero-order valence-corrected chi connectivity index (χ0v) is 15.1. The van der Waals surface area contributed by atoms with Crippen LogP contribution in [0.1, 0.15) is 28.9 Å². The molecule has 1 unspecified atom stereocenters. The first-order valence-electron chi connectivity index (χ1n) is 8.76. The van der Waals surface area contributed by atoms with Crippen LogP contribution >= 0.6 is 0 Å². The maximum atomic E-state index is 11.1. The highest BCUT2D eigenvalue weighted by atomic mass is 16.5. The second kappa shape index (κ2) is 8.41. The number of carboxylic acid groups (broad SMARTS) is 1. The van der Waals surface area contributed by atoms with E-state index in [1.807, 2.05) is 6.07 Å². The van der Waals surface area contributed by atoms with Crippen molar-refractivity contribution >= 4 is 11.7 Å². The van der Waals surface area contributed by atoms with E-state index in [0.29, 0.717) is 29.6 Å². The summed E-state index contributed by atoms with van der Waals surface area (Å²) in [5.41, 5.74) is 1.44. The molecule has 1 aliphatic rings. The minimum atomic E-state index is -1.03. The molecular formula is C20H21N3O4. The average molecular weight is 367 g/mol. The SMILES string of the molecule is COc1cc(C#N)ccc1OCC1CCCN(c2ccnc(C(=O)O)c2)C1. The van der Waals surface area contributed by atoms with Gasteiger partial charge in [0, 0.05) is 37.0 Å². The maximum Gasteiger partial charge on any atom is 0.354 e. The van der Waals surface area contributed by atoms with Crippen molar-refractivity contribution < 1.29 is 19.4 Å². The molecule has 3 rings (SSSR count). The van der Waals surface area contributed by atoms with Gasteiger partial charge < -0.3 is 19.5 Å². The van der Waals surface area contributed by atoms with E-state index in [0.717, 1.165) is 31.6 Å². The van der Waals surface area contributed by atoms with E-state index in [1.165, 1.54) is 6.20 Å². The van der Waals surface area contributed by atoms with E-state index in [1.54, 1.807) is 31.4 Å². The van der Waals surface area contributed by atoms with Crippen LogP contribution in [0.15, 0.2) is 36.5 Å². The van der Waals surface area contributed by atoms with Gasteiger partial charge in [-0.1, -0.05) is 0 Å². The molecule has 0 amide bonds. The number of nitriles is 1. The van der Waals surface area contributed by atoms with E-state index in [2.05, 4.69) is 16.0 Å². The smallest absolute Gasteiger partial charge is 0.354 e. The van der Waals surface area contributed by atoms with Gasteiger partial charge in [-0.2, -0.15) is 5.26 Å². The quantitative estimate of drug-likeness (QED) is 0.838. The number of hydrogen-bond donors (Lipinski definition) is 1. The molecule has 2 aromatic rings. The summed E-state index contributed by atoms with van der Waals surface area (Å²) in [6.07, 6.45) is 3.57. The van der Waals surface area contributed by atoms with Gasteiger partial charge in [0.25, 0.3) is 0 Å². The third-order valence-electron chi connectivity index (χ3n) is 4.61. The van der Waals surface area contributed by atoms with E-state index < -0.39 is 5.97 Å². The van der Waals surface area contributed by atoms with E-state index in [9.17, 15) is 4.79 Å². The summed E-state index contributed by atoms with van der Waals surface area (Å²) in [5, 5.41) is 18.1. The second-order valence-corrected chi connectivity index (χ2v) is 6.45. The number of nitrogens with zero attached hydrogens (tertiary/aromatic N) is 3. The number of aromatic carboxylic acids is 1. The molecule has 27 heavy (non-hydrogen) atoms. The lowest BCUT2D eigenvalue weighted by Gasteiger charge is -2.34. The van der Waals surface area contributed by atoms with Crippen molar-refractivity contribution in [1.82, 2.24) is 4.98 Å². The van der Waals surface area contributed by atoms with E-state index in [4.69, 9.17) is 19.8 Å². The fourth-order valence-electron chi connectivity index (χ4n) is 3.23. The van der Waals surface area contributed by atoms with Crippen molar-refractivity contribution in [2.45, 2.75) is 12.8 Å². The largest absolute Gasteiger partial charge is 0.493 e. The number of methoxy groups -OCH3 is 1. The van der Waals surface area contributed by atoms with Crippen molar-refractivity contribution in [2.75, 3.05) is 31.7 Å². The molecule has 2 heterocycles. The van der Waals surface area contributed by atoms with Crippen molar-refractivity contribution in [2.24, 2.45) is 5.92 Å². The summed E-state index contributed by atoms with van der Waals surface area (Å²) in [6.45, 7) is 2.18. The number of anilines is 1. The Balaban J connectivity index is 1.65. The number of pyridine rings is 1. The number of carboxylic acids is 1. The lowest BCUT2D eigenvalue weighted by atomic mass is 9.98. The average Bonchev–Trinajstić information content (AvgIpc) is 2.72. The van der Waals surface area contributed by atoms with Crippen LogP contribution in [0.5, 0.6) is 11.5 Å². The number of carbonyl (C=O) groups is 1. The van der Waals surface area contributed by atoms with Gasteiger partial charge in [-0.3, -0.25) is 0 Å². The normalized spacial score (nSPS) is 16.4. The molecule has 1 fully saturated rings. The molecule has 0 radical (unpaired) electrons. The van der Waals surface area contributed by atoms with Crippen molar-refractivity contribution in [3.63, 3.8) is 0 Å². The Kier molecular flexibility index (Phi) is 5.77. The van der Waals surface area contributed by atoms with Crippen LogP contribution in [0.3, 0.4) is 0 Å². The number of hydrogen-bond acceptors (Lipinski definition) is 6. The third kappa shape index (κ3) is 4.47. The molecule has 0 bridgehead atoms. The van der Waals surface area contributed by atoms with Crippen molar-refractivity contribution in [3.05, 3.63) is 47.8 Å². The van der Waals surface area contributed by atoms with Crippen LogP contribution in [0.25, 0.3) is 0 Å². The number of ether oxygens (including phenoxy) is 2. The van der Waals surface area contributed by atoms with Crippen molar-refractivity contribution in [1.29, 1.82) is 5.26 Å². The summed E-state index contributed by atoms with van der Waals surface area (Å²) in [7, 11) is 1.55. The Morgan fingerprint density at radius 2 is 2.22 bits per heavy atom. The number of aromatic nitrogens is 1. The van der Waals surface area contributed by atoms with Crippen LogP contribution in [0, 0.1) is 17.2 Å². The first-order chi connectivity index (χ1) is 13.1. The van der Waals surface area contributed by atoms with E-state index in [-0.39, 0.29) is 5.69 Å². The monoisotopic (exact) mass is 367 g/mol. The minimum absolute atomic E-state index is 0.0493. The molecule has 7 heteroatoms. The topological polar surface area (TPSA) is 95.7 Å². The second-order valence-electron chi connectivity index (χ2n) is 6.45. The Labute approximate surface area is 157 Å². The highest BCUT2D eigenvalue weighted by molar-refractivity contribution is 5.86. The molecule has 0 saturated carbocycles. The Bertz CT molecular complexity index is 863. The number of rotatable bonds is 6. The standard InChI is InChI=1S/C20H21N3O4/c1-26-19-9-14(11-21)4-5-18(19)27-13-15-3-2-8-23(12-15)16-6-7-22-17(10-16)20(24)25/h4-7,9-10,15H,2-3,8,12-13H2,1H3,(H,24,25). The molecular weight excluding hydrogens is 346 g/mol. The number of piperidine rings is 1. The number of benzene rings is 1. The fourth-order valence-corrected chi connectivity index (χ4v) is 3.23. The Morgan fingerprint density at radius 3 is 2.96 bits per heavy atom. The Morgan fingerprint density at radius 1 is 1.37 bits per heavy atom. The summed E-state index contributed by atoms with van der Waals surface area (Å²) >= 11 is 0. The molecule has 1 aliphatic heterocycles. The lowest BCUT2D eigenvalue weighted by molar-refractivity contribution is 0.0690. The molecule has 0 aliphatic carbocycles. The van der Waals surface area contributed by atoms with Gasteiger partial charge >= 0.3 is 5.97 Å². The molecule has 7 nitrogen and oxygen atoms in total. The molecule has 0 spiro atoms. The molecule has 1 atom stereocenters. The van der Waals surface area contributed by atoms with Gasteiger partial charge in [0.1, 0.15) is 5.69 Å². The first-order valence-corrected chi connectivity index (χ1v) is 8.76. The molecule has 1 aromatic heterocycles. The predicted molar refractivity (Wildman–Crippen MR) is 99.3 cm³/mol. The third-order valence-corrected chi connectivity index (χ3v) is 4.61. The fraction of sp³-hybridized carbons (Fsp3) is 0.350. The van der Waals surface area contributed by atoms with Crippen LogP contribution in [0.2, 0.25) is 0 Å². The van der Waals surface area contributed by atoms with Crippen LogP contribution < -0.4 is 14.4 Å². The predicted octanol–water partition coefficient (Wildman–Crippen LogP) is 2.96.